The molecule has 0 radical (unpaired) electrons. The van der Waals surface area contributed by atoms with Crippen LogP contribution in [0.25, 0.3) is 11.3 Å². The molecule has 0 bridgehead atoms. The normalized spacial score (nSPS) is 17.9. The number of hydrogen-bond donors (Lipinski definition) is 2. The molecule has 0 saturated carbocycles. The molecule has 3 aromatic rings. The molecule has 170 valence electrons. The van der Waals surface area contributed by atoms with E-state index in [0.717, 1.165) is 54.3 Å². The summed E-state index contributed by atoms with van der Waals surface area (Å²) < 4.78 is 0. The molecule has 7 nitrogen and oxygen atoms in total. The number of anilines is 3. The number of aromatic nitrogens is 2. The van der Waals surface area contributed by atoms with Gasteiger partial charge in [0.1, 0.15) is 0 Å². The van der Waals surface area contributed by atoms with Gasteiger partial charge in [-0.3, -0.25) is 4.79 Å². The summed E-state index contributed by atoms with van der Waals surface area (Å²) >= 11 is 0. The van der Waals surface area contributed by atoms with Crippen LogP contribution >= 0.6 is 0 Å². The van der Waals surface area contributed by atoms with Crippen molar-refractivity contribution in [1.29, 1.82) is 0 Å². The van der Waals surface area contributed by atoms with Gasteiger partial charge in [-0.15, -0.1) is 0 Å². The molecular formula is C26H30N6O. The van der Waals surface area contributed by atoms with Crippen molar-refractivity contribution >= 4 is 23.2 Å². The van der Waals surface area contributed by atoms with Crippen LogP contribution in [0.4, 0.5) is 17.3 Å². The minimum absolute atomic E-state index is 0.0128. The number of amides is 1. The fourth-order valence-electron chi connectivity index (χ4n) is 4.51. The monoisotopic (exact) mass is 442 g/mol. The highest BCUT2D eigenvalue weighted by molar-refractivity contribution is 5.98. The van der Waals surface area contributed by atoms with E-state index in [-0.39, 0.29) is 11.3 Å². The molecule has 5 rings (SSSR count). The van der Waals surface area contributed by atoms with Gasteiger partial charge >= 0.3 is 0 Å². The summed E-state index contributed by atoms with van der Waals surface area (Å²) in [5.74, 6) is 0.541. The zero-order valence-electron chi connectivity index (χ0n) is 19.4. The van der Waals surface area contributed by atoms with Gasteiger partial charge in [-0.1, -0.05) is 26.0 Å². The molecule has 2 N–H and O–H groups in total. The van der Waals surface area contributed by atoms with Crippen molar-refractivity contribution in [2.45, 2.75) is 19.3 Å². The predicted octanol–water partition coefficient (Wildman–Crippen LogP) is 3.66. The van der Waals surface area contributed by atoms with Crippen molar-refractivity contribution < 1.29 is 4.79 Å². The average Bonchev–Trinajstić information content (AvgIpc) is 2.82. The fraction of sp³-hybridized carbons (Fsp3) is 0.346. The SMILES string of the molecule is CN1CCN(c2cccc(Nc3nccc(-c4ccc5c(c4)C(C)(C)CNC5=O)n3)c2)CC1. The van der Waals surface area contributed by atoms with E-state index in [1.54, 1.807) is 6.20 Å². The van der Waals surface area contributed by atoms with Crippen molar-refractivity contribution in [3.63, 3.8) is 0 Å². The van der Waals surface area contributed by atoms with E-state index < -0.39 is 0 Å². The second-order valence-corrected chi connectivity index (χ2v) is 9.56. The van der Waals surface area contributed by atoms with E-state index in [4.69, 9.17) is 4.98 Å². The summed E-state index contributed by atoms with van der Waals surface area (Å²) in [6, 6.07) is 16.3. The largest absolute Gasteiger partial charge is 0.369 e. The zero-order chi connectivity index (χ0) is 23.0. The van der Waals surface area contributed by atoms with Crippen molar-refractivity contribution in [3.05, 3.63) is 65.9 Å². The standard InChI is InChI=1S/C26H30N6O/c1-26(2)17-28-24(33)21-8-7-18(15-22(21)26)23-9-10-27-25(30-23)29-19-5-4-6-20(16-19)32-13-11-31(3)12-14-32/h4-10,15-16H,11-14,17H2,1-3H3,(H,28,33)(H,27,29,30). The zero-order valence-corrected chi connectivity index (χ0v) is 19.4. The van der Waals surface area contributed by atoms with Crippen LogP contribution in [0.3, 0.4) is 0 Å². The molecule has 0 aliphatic carbocycles. The molecular weight excluding hydrogens is 412 g/mol. The van der Waals surface area contributed by atoms with E-state index in [1.807, 2.05) is 24.3 Å². The van der Waals surface area contributed by atoms with Crippen molar-refractivity contribution in [1.82, 2.24) is 20.2 Å². The van der Waals surface area contributed by atoms with Crippen molar-refractivity contribution in [3.8, 4) is 11.3 Å². The van der Waals surface area contributed by atoms with E-state index in [9.17, 15) is 4.79 Å². The number of rotatable bonds is 4. The minimum Gasteiger partial charge on any atom is -0.369 e. The summed E-state index contributed by atoms with van der Waals surface area (Å²) in [6.07, 6.45) is 1.77. The molecule has 1 aromatic heterocycles. The summed E-state index contributed by atoms with van der Waals surface area (Å²) in [4.78, 5) is 26.2. The van der Waals surface area contributed by atoms with Gasteiger partial charge in [0.05, 0.1) is 5.69 Å². The molecule has 0 atom stereocenters. The average molecular weight is 443 g/mol. The molecule has 0 unspecified atom stereocenters. The van der Waals surface area contributed by atoms with Crippen LogP contribution in [0.5, 0.6) is 0 Å². The molecule has 2 aliphatic rings. The quantitative estimate of drug-likeness (QED) is 0.643. The lowest BCUT2D eigenvalue weighted by molar-refractivity contribution is 0.0930. The Morgan fingerprint density at radius 2 is 1.85 bits per heavy atom. The molecule has 3 heterocycles. The van der Waals surface area contributed by atoms with Gasteiger partial charge in [0.15, 0.2) is 0 Å². The summed E-state index contributed by atoms with van der Waals surface area (Å²) in [6.45, 7) is 9.12. The first-order chi connectivity index (χ1) is 15.9. The van der Waals surface area contributed by atoms with Crippen LogP contribution in [0.2, 0.25) is 0 Å². The lowest BCUT2D eigenvalue weighted by Gasteiger charge is -2.34. The molecule has 1 amide bonds. The lowest BCUT2D eigenvalue weighted by atomic mass is 9.78. The maximum atomic E-state index is 12.3. The number of likely N-dealkylation sites (N-methyl/N-ethyl adjacent to an activating group) is 1. The van der Waals surface area contributed by atoms with Gasteiger partial charge in [0, 0.05) is 66.8 Å². The number of nitrogens with zero attached hydrogens (tertiary/aromatic N) is 4. The highest BCUT2D eigenvalue weighted by Gasteiger charge is 2.31. The molecule has 2 aliphatic heterocycles. The number of hydrogen-bond acceptors (Lipinski definition) is 6. The molecule has 0 spiro atoms. The number of piperazine rings is 1. The maximum absolute atomic E-state index is 12.3. The first-order valence-corrected chi connectivity index (χ1v) is 11.5. The topological polar surface area (TPSA) is 73.4 Å². The first kappa shape index (κ1) is 21.4. The van der Waals surface area contributed by atoms with Gasteiger partial charge < -0.3 is 20.4 Å². The number of fused-ring (bicyclic) bond motifs is 1. The van der Waals surface area contributed by atoms with Crippen LogP contribution in [0.1, 0.15) is 29.8 Å². The summed E-state index contributed by atoms with van der Waals surface area (Å²) in [5, 5.41) is 6.34. The van der Waals surface area contributed by atoms with E-state index >= 15 is 0 Å². The fourth-order valence-corrected chi connectivity index (χ4v) is 4.51. The Hall–Kier alpha value is -3.45. The number of carbonyl (C=O) groups is 1. The summed E-state index contributed by atoms with van der Waals surface area (Å²) in [5.41, 5.74) is 5.64. The van der Waals surface area contributed by atoms with Gasteiger partial charge in [0.2, 0.25) is 5.95 Å². The van der Waals surface area contributed by atoms with Gasteiger partial charge in [-0.25, -0.2) is 9.97 Å². The predicted molar refractivity (Wildman–Crippen MR) is 132 cm³/mol. The molecule has 33 heavy (non-hydrogen) atoms. The van der Waals surface area contributed by atoms with Gasteiger partial charge in [-0.05, 0) is 49.0 Å². The Labute approximate surface area is 194 Å². The minimum atomic E-state index is -0.128. The molecule has 2 aromatic carbocycles. The van der Waals surface area contributed by atoms with Crippen LogP contribution in [-0.4, -0.2) is 60.5 Å². The first-order valence-electron chi connectivity index (χ1n) is 11.5. The Morgan fingerprint density at radius 1 is 1.03 bits per heavy atom. The Morgan fingerprint density at radius 3 is 2.67 bits per heavy atom. The van der Waals surface area contributed by atoms with E-state index in [1.165, 1.54) is 5.69 Å². The Kier molecular flexibility index (Phi) is 5.50. The second kappa shape index (κ2) is 8.48. The molecule has 1 saturated heterocycles. The number of carbonyl (C=O) groups excluding carboxylic acids is 1. The number of nitrogens with one attached hydrogen (secondary N) is 2. The van der Waals surface area contributed by atoms with Gasteiger partial charge in [-0.2, -0.15) is 0 Å². The summed E-state index contributed by atoms with van der Waals surface area (Å²) in [7, 11) is 2.16. The Bertz CT molecular complexity index is 1180. The maximum Gasteiger partial charge on any atom is 0.251 e. The third-order valence-corrected chi connectivity index (χ3v) is 6.61. The van der Waals surface area contributed by atoms with E-state index in [0.29, 0.717) is 12.5 Å². The highest BCUT2D eigenvalue weighted by Crippen LogP contribution is 2.33. The Balaban J connectivity index is 1.39. The van der Waals surface area contributed by atoms with Crippen LogP contribution < -0.4 is 15.5 Å². The third kappa shape index (κ3) is 4.41. The third-order valence-electron chi connectivity index (χ3n) is 6.61. The van der Waals surface area contributed by atoms with Crippen molar-refractivity contribution in [2.75, 3.05) is 50.0 Å². The second-order valence-electron chi connectivity index (χ2n) is 9.56. The lowest BCUT2D eigenvalue weighted by Crippen LogP contribution is -2.44. The molecule has 7 heteroatoms. The van der Waals surface area contributed by atoms with Crippen molar-refractivity contribution in [2.24, 2.45) is 0 Å². The smallest absolute Gasteiger partial charge is 0.251 e. The van der Waals surface area contributed by atoms with Crippen LogP contribution in [-0.2, 0) is 5.41 Å². The van der Waals surface area contributed by atoms with Crippen LogP contribution in [0.15, 0.2) is 54.7 Å². The highest BCUT2D eigenvalue weighted by atomic mass is 16.1. The van der Waals surface area contributed by atoms with E-state index in [2.05, 4.69) is 70.6 Å². The van der Waals surface area contributed by atoms with Gasteiger partial charge in [0.25, 0.3) is 5.91 Å². The molecule has 1 fully saturated rings. The van der Waals surface area contributed by atoms with Crippen LogP contribution in [0, 0.1) is 0 Å². The number of benzene rings is 2.